The van der Waals surface area contributed by atoms with Crippen LogP contribution in [0.2, 0.25) is 0 Å². The molecule has 0 aliphatic rings. The Hall–Kier alpha value is -2.15. The number of nitriles is 1. The normalized spacial score (nSPS) is 10.4. The van der Waals surface area contributed by atoms with E-state index in [1.807, 2.05) is 26.1 Å². The fourth-order valence-corrected chi connectivity index (χ4v) is 2.30. The number of hydrogen-bond donors (Lipinski definition) is 0. The smallest absolute Gasteiger partial charge is 0.146 e. The second-order valence-corrected chi connectivity index (χ2v) is 4.18. The number of fused-ring (bicyclic) bond motifs is 1. The summed E-state index contributed by atoms with van der Waals surface area (Å²) in [7, 11) is 5.24. The van der Waals surface area contributed by atoms with E-state index in [2.05, 4.69) is 10.6 Å². The van der Waals surface area contributed by atoms with E-state index in [1.165, 1.54) is 0 Å². The summed E-state index contributed by atoms with van der Waals surface area (Å²) >= 11 is 0. The lowest BCUT2D eigenvalue weighted by atomic mass is 10.1. The summed E-state index contributed by atoms with van der Waals surface area (Å²) in [4.78, 5) is 0. The highest BCUT2D eigenvalue weighted by Crippen LogP contribution is 2.36. The highest BCUT2D eigenvalue weighted by molar-refractivity contribution is 5.92. The van der Waals surface area contributed by atoms with Crippen molar-refractivity contribution in [3.63, 3.8) is 0 Å². The van der Waals surface area contributed by atoms with Gasteiger partial charge in [0.1, 0.15) is 11.5 Å². The van der Waals surface area contributed by atoms with E-state index in [0.29, 0.717) is 6.42 Å². The largest absolute Gasteiger partial charge is 0.497 e. The predicted octanol–water partition coefficient (Wildman–Crippen LogP) is 2.57. The average Bonchev–Trinajstić information content (AvgIpc) is 2.63. The van der Waals surface area contributed by atoms with Gasteiger partial charge in [0, 0.05) is 24.2 Å². The molecule has 0 fully saturated rings. The number of hydrogen-bond acceptors (Lipinski definition) is 3. The van der Waals surface area contributed by atoms with E-state index in [-0.39, 0.29) is 0 Å². The quantitative estimate of drug-likeness (QED) is 0.833. The van der Waals surface area contributed by atoms with Crippen LogP contribution in [0.25, 0.3) is 10.9 Å². The van der Waals surface area contributed by atoms with Crippen LogP contribution in [0.15, 0.2) is 12.1 Å². The summed E-state index contributed by atoms with van der Waals surface area (Å²) in [5, 5.41) is 9.97. The average molecular weight is 244 g/mol. The second-order valence-electron chi connectivity index (χ2n) is 4.18. The van der Waals surface area contributed by atoms with E-state index in [4.69, 9.17) is 14.7 Å². The molecule has 0 aliphatic carbocycles. The second kappa shape index (κ2) is 4.61. The summed E-state index contributed by atoms with van der Waals surface area (Å²) in [6.45, 7) is 2.01. The lowest BCUT2D eigenvalue weighted by Crippen LogP contribution is -1.94. The van der Waals surface area contributed by atoms with Crippen molar-refractivity contribution in [3.8, 4) is 17.6 Å². The standard InChI is InChI=1S/C14H16N2O2/c1-9-11(5-6-15)12-7-10(17-3)8-13(18-4)14(12)16(9)2/h7-8H,5H2,1-4H3. The minimum absolute atomic E-state index is 0.388. The zero-order valence-electron chi connectivity index (χ0n) is 11.1. The van der Waals surface area contributed by atoms with Crippen LogP contribution in [0.4, 0.5) is 0 Å². The van der Waals surface area contributed by atoms with Gasteiger partial charge in [-0.2, -0.15) is 5.26 Å². The summed E-state index contributed by atoms with van der Waals surface area (Å²) in [6, 6.07) is 6.03. The number of benzene rings is 1. The Morgan fingerprint density at radius 3 is 2.56 bits per heavy atom. The predicted molar refractivity (Wildman–Crippen MR) is 70.1 cm³/mol. The maximum Gasteiger partial charge on any atom is 0.146 e. The summed E-state index contributed by atoms with van der Waals surface area (Å²) in [6.07, 6.45) is 0.388. The molecule has 0 spiro atoms. The molecule has 0 aliphatic heterocycles. The molecule has 0 N–H and O–H groups in total. The lowest BCUT2D eigenvalue weighted by Gasteiger charge is -2.08. The van der Waals surface area contributed by atoms with Crippen molar-refractivity contribution in [1.29, 1.82) is 5.26 Å². The number of methoxy groups -OCH3 is 2. The zero-order valence-corrected chi connectivity index (χ0v) is 11.1. The molecular weight excluding hydrogens is 228 g/mol. The van der Waals surface area contributed by atoms with E-state index in [1.54, 1.807) is 14.2 Å². The third kappa shape index (κ3) is 1.68. The van der Waals surface area contributed by atoms with Crippen LogP contribution in [0, 0.1) is 18.3 Å². The first kappa shape index (κ1) is 12.3. The molecule has 0 saturated heterocycles. The Kier molecular flexibility index (Phi) is 3.15. The fraction of sp³-hybridized carbons (Fsp3) is 0.357. The van der Waals surface area contributed by atoms with Crippen LogP contribution in [-0.2, 0) is 13.5 Å². The molecule has 0 bridgehead atoms. The highest BCUT2D eigenvalue weighted by atomic mass is 16.5. The molecule has 0 atom stereocenters. The molecule has 4 nitrogen and oxygen atoms in total. The SMILES string of the molecule is COc1cc(OC)c2c(c1)c(CC#N)c(C)n2C. The summed E-state index contributed by atoms with van der Waals surface area (Å²) in [5.41, 5.74) is 3.12. The Balaban J connectivity index is 2.87. The van der Waals surface area contributed by atoms with Gasteiger partial charge in [-0.15, -0.1) is 0 Å². The molecule has 1 heterocycles. The third-order valence-electron chi connectivity index (χ3n) is 3.36. The van der Waals surface area contributed by atoms with E-state index >= 15 is 0 Å². The minimum Gasteiger partial charge on any atom is -0.497 e. The van der Waals surface area contributed by atoms with Gasteiger partial charge in [0.15, 0.2) is 0 Å². The highest BCUT2D eigenvalue weighted by Gasteiger charge is 2.16. The lowest BCUT2D eigenvalue weighted by molar-refractivity contribution is 0.397. The van der Waals surface area contributed by atoms with Crippen LogP contribution in [0.1, 0.15) is 11.3 Å². The van der Waals surface area contributed by atoms with Gasteiger partial charge in [-0.3, -0.25) is 0 Å². The molecule has 1 aromatic carbocycles. The molecule has 1 aromatic heterocycles. The van der Waals surface area contributed by atoms with Gasteiger partial charge >= 0.3 is 0 Å². The van der Waals surface area contributed by atoms with Gasteiger partial charge < -0.3 is 14.0 Å². The van der Waals surface area contributed by atoms with Crippen molar-refractivity contribution in [2.45, 2.75) is 13.3 Å². The first-order chi connectivity index (χ1) is 8.63. The maximum absolute atomic E-state index is 8.94. The summed E-state index contributed by atoms with van der Waals surface area (Å²) < 4.78 is 12.7. The maximum atomic E-state index is 8.94. The van der Waals surface area contributed by atoms with Gasteiger partial charge in [0.05, 0.1) is 32.2 Å². The molecule has 0 saturated carbocycles. The van der Waals surface area contributed by atoms with E-state index < -0.39 is 0 Å². The van der Waals surface area contributed by atoms with Gasteiger partial charge in [0.25, 0.3) is 0 Å². The Bertz CT molecular complexity index is 636. The van der Waals surface area contributed by atoms with Crippen molar-refractivity contribution < 1.29 is 9.47 Å². The Morgan fingerprint density at radius 1 is 1.28 bits per heavy atom. The first-order valence-electron chi connectivity index (χ1n) is 5.70. The van der Waals surface area contributed by atoms with Crippen LogP contribution in [0.3, 0.4) is 0 Å². The first-order valence-corrected chi connectivity index (χ1v) is 5.70. The van der Waals surface area contributed by atoms with Crippen LogP contribution >= 0.6 is 0 Å². The van der Waals surface area contributed by atoms with Crippen molar-refractivity contribution in [1.82, 2.24) is 4.57 Å². The molecule has 0 radical (unpaired) electrons. The molecule has 0 amide bonds. The third-order valence-corrected chi connectivity index (χ3v) is 3.36. The van der Waals surface area contributed by atoms with Crippen molar-refractivity contribution >= 4 is 10.9 Å². The fourth-order valence-electron chi connectivity index (χ4n) is 2.30. The van der Waals surface area contributed by atoms with Crippen molar-refractivity contribution in [2.24, 2.45) is 7.05 Å². The number of nitrogens with zero attached hydrogens (tertiary/aromatic N) is 2. The van der Waals surface area contributed by atoms with Gasteiger partial charge in [0.2, 0.25) is 0 Å². The summed E-state index contributed by atoms with van der Waals surface area (Å²) in [5.74, 6) is 1.50. The zero-order chi connectivity index (χ0) is 13.3. The molecule has 2 aromatic rings. The molecule has 94 valence electrons. The molecule has 0 unspecified atom stereocenters. The molecule has 4 heteroatoms. The number of aromatic nitrogens is 1. The van der Waals surface area contributed by atoms with Crippen LogP contribution < -0.4 is 9.47 Å². The Labute approximate surface area is 106 Å². The van der Waals surface area contributed by atoms with Crippen LogP contribution in [-0.4, -0.2) is 18.8 Å². The number of aryl methyl sites for hydroxylation is 1. The number of ether oxygens (including phenoxy) is 2. The molecular formula is C14H16N2O2. The van der Waals surface area contributed by atoms with Crippen molar-refractivity contribution in [3.05, 3.63) is 23.4 Å². The topological polar surface area (TPSA) is 47.2 Å². The van der Waals surface area contributed by atoms with Gasteiger partial charge in [-0.1, -0.05) is 0 Å². The van der Waals surface area contributed by atoms with Gasteiger partial charge in [-0.05, 0) is 18.6 Å². The van der Waals surface area contributed by atoms with E-state index in [9.17, 15) is 0 Å². The van der Waals surface area contributed by atoms with E-state index in [0.717, 1.165) is 33.7 Å². The van der Waals surface area contributed by atoms with Crippen molar-refractivity contribution in [2.75, 3.05) is 14.2 Å². The monoisotopic (exact) mass is 244 g/mol. The Morgan fingerprint density at radius 2 is 2.00 bits per heavy atom. The van der Waals surface area contributed by atoms with Gasteiger partial charge in [-0.25, -0.2) is 0 Å². The number of rotatable bonds is 3. The minimum atomic E-state index is 0.388. The molecule has 2 rings (SSSR count). The molecule has 18 heavy (non-hydrogen) atoms. The van der Waals surface area contributed by atoms with Crippen LogP contribution in [0.5, 0.6) is 11.5 Å².